The van der Waals surface area contributed by atoms with Crippen molar-refractivity contribution in [3.8, 4) is 0 Å². The third-order valence-electron chi connectivity index (χ3n) is 9.59. The van der Waals surface area contributed by atoms with E-state index in [1.807, 2.05) is 23.5 Å². The summed E-state index contributed by atoms with van der Waals surface area (Å²) in [5, 5.41) is 7.17. The first-order chi connectivity index (χ1) is 24.8. The maximum atomic E-state index is 6.18. The summed E-state index contributed by atoms with van der Waals surface area (Å²) in [6.07, 6.45) is 0. The van der Waals surface area contributed by atoms with Crippen molar-refractivity contribution in [1.29, 1.82) is 0 Å². The van der Waals surface area contributed by atoms with Gasteiger partial charge in [-0.2, -0.15) is 0 Å². The Morgan fingerprint density at radius 2 is 0.820 bits per heavy atom. The molecule has 10 rings (SSSR count). The normalized spacial score (nSPS) is 11.6. The van der Waals surface area contributed by atoms with E-state index in [9.17, 15) is 0 Å². The quantitative estimate of drug-likeness (QED) is 0.177. The molecule has 10 aromatic rings. The molecular weight excluding hydrogens is 629 g/mol. The van der Waals surface area contributed by atoms with Gasteiger partial charge in [0.1, 0.15) is 11.2 Å². The third kappa shape index (κ3) is 4.80. The molecule has 0 aliphatic rings. The average molecular weight is 659 g/mol. The lowest BCUT2D eigenvalue weighted by Crippen LogP contribution is -2.10. The average Bonchev–Trinajstić information content (AvgIpc) is 3.74. The van der Waals surface area contributed by atoms with E-state index in [2.05, 4.69) is 180 Å². The number of fused-ring (bicyclic) bond motifs is 7. The first-order valence-electron chi connectivity index (χ1n) is 16.8. The summed E-state index contributed by atoms with van der Waals surface area (Å²) >= 11 is 1.85. The number of hydrogen-bond acceptors (Lipinski definition) is 4. The molecule has 0 spiro atoms. The highest BCUT2D eigenvalue weighted by Gasteiger charge is 2.18. The highest BCUT2D eigenvalue weighted by atomic mass is 32.1. The number of anilines is 6. The van der Waals surface area contributed by atoms with Crippen molar-refractivity contribution in [3.63, 3.8) is 0 Å². The first-order valence-corrected chi connectivity index (χ1v) is 17.7. The molecule has 2 aromatic heterocycles. The first kappa shape index (κ1) is 28.6. The van der Waals surface area contributed by atoms with Gasteiger partial charge in [0.15, 0.2) is 0 Å². The molecule has 50 heavy (non-hydrogen) atoms. The van der Waals surface area contributed by atoms with Crippen LogP contribution in [0.4, 0.5) is 34.1 Å². The van der Waals surface area contributed by atoms with Crippen molar-refractivity contribution < 1.29 is 4.42 Å². The molecule has 0 saturated heterocycles. The van der Waals surface area contributed by atoms with Gasteiger partial charge >= 0.3 is 0 Å². The van der Waals surface area contributed by atoms with Crippen molar-refractivity contribution in [2.45, 2.75) is 0 Å². The van der Waals surface area contributed by atoms with E-state index in [0.29, 0.717) is 0 Å². The van der Waals surface area contributed by atoms with E-state index >= 15 is 0 Å². The van der Waals surface area contributed by atoms with Crippen LogP contribution in [0.15, 0.2) is 186 Å². The van der Waals surface area contributed by atoms with E-state index < -0.39 is 0 Å². The van der Waals surface area contributed by atoms with Gasteiger partial charge in [-0.3, -0.25) is 0 Å². The highest BCUT2D eigenvalue weighted by Crippen LogP contribution is 2.43. The summed E-state index contributed by atoms with van der Waals surface area (Å²) < 4.78 is 8.79. The standard InChI is InChI=1S/C46H30N2OS/c1-3-11-33(12-4-1)47(37-23-25-44-41(29-37)39-15-7-9-17-43(39)49-44)35-21-19-31-20-22-36(28-32(31)27-35)48(34-13-5-2-6-14-34)38-24-26-46-42(30-38)40-16-8-10-18-45(40)50-46/h1-30H. The van der Waals surface area contributed by atoms with Crippen LogP contribution in [0.25, 0.3) is 52.9 Å². The lowest BCUT2D eigenvalue weighted by atomic mass is 10.1. The van der Waals surface area contributed by atoms with Gasteiger partial charge in [0.05, 0.1) is 0 Å². The van der Waals surface area contributed by atoms with E-state index in [-0.39, 0.29) is 0 Å². The summed E-state index contributed by atoms with van der Waals surface area (Å²) in [6.45, 7) is 0. The number of thiophene rings is 1. The number of hydrogen-bond donors (Lipinski definition) is 0. The number of para-hydroxylation sites is 3. The Morgan fingerprint density at radius 1 is 0.320 bits per heavy atom. The second kappa shape index (κ2) is 11.7. The third-order valence-corrected chi connectivity index (χ3v) is 10.7. The summed E-state index contributed by atoms with van der Waals surface area (Å²) in [6, 6.07) is 65.1. The molecule has 0 unspecified atom stereocenters. The Labute approximate surface area is 293 Å². The van der Waals surface area contributed by atoms with Crippen LogP contribution in [0.2, 0.25) is 0 Å². The molecule has 0 saturated carbocycles. The second-order valence-corrected chi connectivity index (χ2v) is 13.7. The van der Waals surface area contributed by atoms with Gasteiger partial charge in [0.2, 0.25) is 0 Å². The van der Waals surface area contributed by atoms with Crippen molar-refractivity contribution in [2.75, 3.05) is 9.80 Å². The smallest absolute Gasteiger partial charge is 0.135 e. The van der Waals surface area contributed by atoms with Gasteiger partial charge in [-0.1, -0.05) is 84.9 Å². The molecule has 0 aliphatic heterocycles. The molecule has 0 atom stereocenters. The van der Waals surface area contributed by atoms with E-state index in [0.717, 1.165) is 56.1 Å². The van der Waals surface area contributed by atoms with E-state index in [1.54, 1.807) is 0 Å². The predicted octanol–water partition coefficient (Wildman–Crippen LogP) is 14.0. The Hall–Kier alpha value is -6.36. The zero-order valence-corrected chi connectivity index (χ0v) is 27.8. The summed E-state index contributed by atoms with van der Waals surface area (Å²) in [7, 11) is 0. The van der Waals surface area contributed by atoms with Crippen molar-refractivity contribution >= 4 is 98.3 Å². The van der Waals surface area contributed by atoms with Gasteiger partial charge in [-0.25, -0.2) is 0 Å². The fourth-order valence-electron chi connectivity index (χ4n) is 7.25. The van der Waals surface area contributed by atoms with Crippen molar-refractivity contribution in [3.05, 3.63) is 182 Å². The molecule has 0 fully saturated rings. The minimum atomic E-state index is 0.890. The molecule has 0 bridgehead atoms. The Bertz CT molecular complexity index is 2650. The SMILES string of the molecule is c1ccc(N(c2ccc3ccc(N(c4ccccc4)c4ccc5sc6ccccc6c5c4)cc3c2)c2ccc3oc4ccccc4c3c2)cc1. The van der Waals surface area contributed by atoms with E-state index in [1.165, 1.54) is 30.9 Å². The maximum Gasteiger partial charge on any atom is 0.135 e. The summed E-state index contributed by atoms with van der Waals surface area (Å²) in [4.78, 5) is 4.70. The molecule has 0 N–H and O–H groups in total. The van der Waals surface area contributed by atoms with Crippen LogP contribution in [0.3, 0.4) is 0 Å². The van der Waals surface area contributed by atoms with Gasteiger partial charge < -0.3 is 14.2 Å². The maximum absolute atomic E-state index is 6.18. The predicted molar refractivity (Wildman–Crippen MR) is 213 cm³/mol. The molecule has 8 aromatic carbocycles. The van der Waals surface area contributed by atoms with Crippen LogP contribution in [0, 0.1) is 0 Å². The van der Waals surface area contributed by atoms with Crippen LogP contribution in [0.1, 0.15) is 0 Å². The molecule has 4 heteroatoms. The monoisotopic (exact) mass is 658 g/mol. The second-order valence-electron chi connectivity index (χ2n) is 12.6. The Morgan fingerprint density at radius 3 is 1.52 bits per heavy atom. The summed E-state index contributed by atoms with van der Waals surface area (Å²) in [5.41, 5.74) is 8.41. The summed E-state index contributed by atoms with van der Waals surface area (Å²) in [5.74, 6) is 0. The topological polar surface area (TPSA) is 19.6 Å². The van der Waals surface area contributed by atoms with Gasteiger partial charge in [-0.15, -0.1) is 11.3 Å². The molecule has 236 valence electrons. The molecule has 0 radical (unpaired) electrons. The number of furan rings is 1. The largest absolute Gasteiger partial charge is 0.456 e. The van der Waals surface area contributed by atoms with Gasteiger partial charge in [-0.05, 0) is 108 Å². The number of benzene rings is 8. The molecule has 3 nitrogen and oxygen atoms in total. The Kier molecular flexibility index (Phi) is 6.68. The van der Waals surface area contributed by atoms with Gasteiger partial charge in [0, 0.05) is 65.1 Å². The van der Waals surface area contributed by atoms with Crippen LogP contribution in [0.5, 0.6) is 0 Å². The van der Waals surface area contributed by atoms with Crippen LogP contribution < -0.4 is 9.80 Å². The molecule has 2 heterocycles. The Balaban J connectivity index is 1.13. The molecule has 0 aliphatic carbocycles. The minimum Gasteiger partial charge on any atom is -0.456 e. The van der Waals surface area contributed by atoms with Crippen molar-refractivity contribution in [1.82, 2.24) is 0 Å². The zero-order valence-electron chi connectivity index (χ0n) is 27.0. The van der Waals surface area contributed by atoms with Crippen LogP contribution >= 0.6 is 11.3 Å². The van der Waals surface area contributed by atoms with Crippen LogP contribution in [-0.4, -0.2) is 0 Å². The number of nitrogens with zero attached hydrogens (tertiary/aromatic N) is 2. The fourth-order valence-corrected chi connectivity index (χ4v) is 8.34. The highest BCUT2D eigenvalue weighted by molar-refractivity contribution is 7.25. The van der Waals surface area contributed by atoms with Crippen molar-refractivity contribution in [2.24, 2.45) is 0 Å². The molecular formula is C46H30N2OS. The minimum absolute atomic E-state index is 0.890. The van der Waals surface area contributed by atoms with E-state index in [4.69, 9.17) is 4.42 Å². The number of rotatable bonds is 6. The van der Waals surface area contributed by atoms with Gasteiger partial charge in [0.25, 0.3) is 0 Å². The van der Waals surface area contributed by atoms with Crippen LogP contribution in [-0.2, 0) is 0 Å². The lowest BCUT2D eigenvalue weighted by Gasteiger charge is -2.27. The fraction of sp³-hybridized carbons (Fsp3) is 0. The zero-order chi connectivity index (χ0) is 33.0. The lowest BCUT2D eigenvalue weighted by molar-refractivity contribution is 0.669. The molecule has 0 amide bonds.